The van der Waals surface area contributed by atoms with Crippen LogP contribution in [0.25, 0.3) is 5.52 Å². The van der Waals surface area contributed by atoms with Crippen molar-refractivity contribution in [2.24, 2.45) is 5.92 Å². The van der Waals surface area contributed by atoms with Crippen molar-refractivity contribution in [1.82, 2.24) is 19.2 Å². The van der Waals surface area contributed by atoms with Gasteiger partial charge in [0.2, 0.25) is 0 Å². The Morgan fingerprint density at radius 3 is 2.43 bits per heavy atom. The van der Waals surface area contributed by atoms with E-state index in [1.54, 1.807) is 0 Å². The molecule has 0 saturated carbocycles. The molecule has 0 spiro atoms. The summed E-state index contributed by atoms with van der Waals surface area (Å²) in [5, 5.41) is 0. The number of carbonyl (C=O) groups is 1. The van der Waals surface area contributed by atoms with E-state index in [2.05, 4.69) is 47.4 Å². The molecule has 3 heterocycles. The minimum absolute atomic E-state index is 0.0538. The first kappa shape index (κ1) is 18.7. The molecule has 0 unspecified atom stereocenters. The van der Waals surface area contributed by atoms with Crippen molar-refractivity contribution < 1.29 is 4.79 Å². The molecule has 1 amide bonds. The van der Waals surface area contributed by atoms with Gasteiger partial charge in [0.1, 0.15) is 5.82 Å². The number of benzene rings is 1. The molecule has 0 aliphatic carbocycles. The number of aromatic nitrogens is 2. The molecule has 3 aromatic rings. The van der Waals surface area contributed by atoms with Gasteiger partial charge in [0.25, 0.3) is 5.91 Å². The lowest BCUT2D eigenvalue weighted by molar-refractivity contribution is 0.0625. The summed E-state index contributed by atoms with van der Waals surface area (Å²) in [6, 6.07) is 16.5. The number of carbonyl (C=O) groups excluding carboxylic acids is 1. The Bertz CT molecular complexity index is 940. The van der Waals surface area contributed by atoms with Gasteiger partial charge in [-0.25, -0.2) is 4.98 Å². The van der Waals surface area contributed by atoms with E-state index < -0.39 is 0 Å². The first-order valence-corrected chi connectivity index (χ1v) is 10.1. The molecule has 2 aromatic heterocycles. The highest BCUT2D eigenvalue weighted by Gasteiger charge is 2.26. The minimum Gasteiger partial charge on any atom is -0.335 e. The molecule has 0 radical (unpaired) electrons. The normalized spacial score (nSPS) is 15.5. The van der Waals surface area contributed by atoms with Gasteiger partial charge in [-0.15, -0.1) is 0 Å². The van der Waals surface area contributed by atoms with E-state index in [-0.39, 0.29) is 5.91 Å². The highest BCUT2D eigenvalue weighted by atomic mass is 16.2. The molecule has 5 heteroatoms. The predicted octanol–water partition coefficient (Wildman–Crippen LogP) is 3.49. The SMILES string of the molecule is CC(C)Cc1nc(C(=O)N2CCN(Cc3ccccc3)CC2)c2ccccn12. The lowest BCUT2D eigenvalue weighted by Crippen LogP contribution is -2.48. The standard InChI is InChI=1S/C23H28N4O/c1-18(2)16-21-24-22(20-10-6-7-11-27(20)21)23(28)26-14-12-25(13-15-26)17-19-8-4-3-5-9-19/h3-11,18H,12-17H2,1-2H3. The van der Waals surface area contributed by atoms with Crippen molar-refractivity contribution in [2.75, 3.05) is 26.2 Å². The number of piperazine rings is 1. The number of hydrogen-bond acceptors (Lipinski definition) is 3. The smallest absolute Gasteiger partial charge is 0.274 e. The lowest BCUT2D eigenvalue weighted by atomic mass is 10.1. The summed E-state index contributed by atoms with van der Waals surface area (Å²) in [7, 11) is 0. The Labute approximate surface area is 166 Å². The number of imidazole rings is 1. The van der Waals surface area contributed by atoms with Gasteiger partial charge in [-0.05, 0) is 23.6 Å². The molecule has 0 atom stereocenters. The first-order chi connectivity index (χ1) is 13.6. The zero-order valence-corrected chi connectivity index (χ0v) is 16.7. The van der Waals surface area contributed by atoms with Gasteiger partial charge in [-0.2, -0.15) is 0 Å². The van der Waals surface area contributed by atoms with Crippen LogP contribution >= 0.6 is 0 Å². The van der Waals surface area contributed by atoms with Crippen LogP contribution in [0.4, 0.5) is 0 Å². The van der Waals surface area contributed by atoms with Crippen LogP contribution in [0.1, 0.15) is 35.7 Å². The Morgan fingerprint density at radius 2 is 1.71 bits per heavy atom. The van der Waals surface area contributed by atoms with Crippen LogP contribution in [-0.2, 0) is 13.0 Å². The second-order valence-corrected chi connectivity index (χ2v) is 7.98. The van der Waals surface area contributed by atoms with Crippen molar-refractivity contribution in [2.45, 2.75) is 26.8 Å². The number of pyridine rings is 1. The largest absolute Gasteiger partial charge is 0.335 e. The van der Waals surface area contributed by atoms with Crippen molar-refractivity contribution in [1.29, 1.82) is 0 Å². The molecule has 1 saturated heterocycles. The average Bonchev–Trinajstić information content (AvgIpc) is 3.07. The number of hydrogen-bond donors (Lipinski definition) is 0. The number of nitrogens with zero attached hydrogens (tertiary/aromatic N) is 4. The molecule has 4 rings (SSSR count). The molecule has 0 bridgehead atoms. The zero-order valence-electron chi connectivity index (χ0n) is 16.7. The van der Waals surface area contributed by atoms with E-state index in [1.807, 2.05) is 35.4 Å². The van der Waals surface area contributed by atoms with E-state index in [0.717, 1.165) is 50.5 Å². The van der Waals surface area contributed by atoms with Crippen LogP contribution in [0.3, 0.4) is 0 Å². The molecule has 1 aromatic carbocycles. The summed E-state index contributed by atoms with van der Waals surface area (Å²) in [5.41, 5.74) is 2.82. The Kier molecular flexibility index (Phi) is 5.44. The third-order valence-corrected chi connectivity index (χ3v) is 5.32. The van der Waals surface area contributed by atoms with Crippen LogP contribution < -0.4 is 0 Å². The highest BCUT2D eigenvalue weighted by Crippen LogP contribution is 2.19. The van der Waals surface area contributed by atoms with Gasteiger partial charge in [-0.1, -0.05) is 50.2 Å². The highest BCUT2D eigenvalue weighted by molar-refractivity contribution is 5.99. The summed E-state index contributed by atoms with van der Waals surface area (Å²) < 4.78 is 2.07. The fraction of sp³-hybridized carbons (Fsp3) is 0.391. The lowest BCUT2D eigenvalue weighted by Gasteiger charge is -2.34. The maximum atomic E-state index is 13.2. The van der Waals surface area contributed by atoms with E-state index in [0.29, 0.717) is 11.6 Å². The van der Waals surface area contributed by atoms with Gasteiger partial charge in [0.05, 0.1) is 5.52 Å². The number of fused-ring (bicyclic) bond motifs is 1. The Hall–Kier alpha value is -2.66. The van der Waals surface area contributed by atoms with E-state index in [9.17, 15) is 4.79 Å². The maximum absolute atomic E-state index is 13.2. The van der Waals surface area contributed by atoms with Crippen LogP contribution in [0, 0.1) is 5.92 Å². The summed E-state index contributed by atoms with van der Waals surface area (Å²) >= 11 is 0. The third-order valence-electron chi connectivity index (χ3n) is 5.32. The molecule has 1 fully saturated rings. The van der Waals surface area contributed by atoms with Crippen molar-refractivity contribution >= 4 is 11.4 Å². The third kappa shape index (κ3) is 3.94. The molecule has 146 valence electrons. The summed E-state index contributed by atoms with van der Waals surface area (Å²) in [4.78, 5) is 22.3. The first-order valence-electron chi connectivity index (χ1n) is 10.1. The summed E-state index contributed by atoms with van der Waals surface area (Å²) in [6.07, 6.45) is 2.87. The van der Waals surface area contributed by atoms with Gasteiger partial charge >= 0.3 is 0 Å². The summed E-state index contributed by atoms with van der Waals surface area (Å²) in [6.45, 7) is 8.58. The van der Waals surface area contributed by atoms with E-state index in [1.165, 1.54) is 5.56 Å². The number of rotatable bonds is 5. The fourth-order valence-electron chi connectivity index (χ4n) is 3.87. The van der Waals surface area contributed by atoms with Crippen LogP contribution in [0.2, 0.25) is 0 Å². The Balaban J connectivity index is 1.47. The monoisotopic (exact) mass is 376 g/mol. The molecule has 28 heavy (non-hydrogen) atoms. The van der Waals surface area contributed by atoms with Crippen molar-refractivity contribution in [3.8, 4) is 0 Å². The second-order valence-electron chi connectivity index (χ2n) is 7.98. The van der Waals surface area contributed by atoms with Gasteiger partial charge in [0, 0.05) is 45.3 Å². The van der Waals surface area contributed by atoms with Crippen LogP contribution in [-0.4, -0.2) is 51.3 Å². The van der Waals surface area contributed by atoms with E-state index >= 15 is 0 Å². The molecular weight excluding hydrogens is 348 g/mol. The quantitative estimate of drug-likeness (QED) is 0.684. The summed E-state index contributed by atoms with van der Waals surface area (Å²) in [5.74, 6) is 1.52. The fourth-order valence-corrected chi connectivity index (χ4v) is 3.87. The molecule has 1 aliphatic heterocycles. The minimum atomic E-state index is 0.0538. The molecule has 0 N–H and O–H groups in total. The van der Waals surface area contributed by atoms with Crippen LogP contribution in [0.5, 0.6) is 0 Å². The predicted molar refractivity (Wildman–Crippen MR) is 111 cm³/mol. The van der Waals surface area contributed by atoms with E-state index in [4.69, 9.17) is 4.98 Å². The number of amides is 1. The average molecular weight is 377 g/mol. The molecular formula is C23H28N4O. The maximum Gasteiger partial charge on any atom is 0.274 e. The second kappa shape index (κ2) is 8.15. The van der Waals surface area contributed by atoms with Crippen molar-refractivity contribution in [3.63, 3.8) is 0 Å². The van der Waals surface area contributed by atoms with Gasteiger partial charge in [-0.3, -0.25) is 9.69 Å². The van der Waals surface area contributed by atoms with Crippen LogP contribution in [0.15, 0.2) is 54.7 Å². The van der Waals surface area contributed by atoms with Crippen molar-refractivity contribution in [3.05, 3.63) is 71.8 Å². The van der Waals surface area contributed by atoms with Gasteiger partial charge < -0.3 is 9.30 Å². The Morgan fingerprint density at radius 1 is 1.00 bits per heavy atom. The molecule has 5 nitrogen and oxygen atoms in total. The van der Waals surface area contributed by atoms with Gasteiger partial charge in [0.15, 0.2) is 5.69 Å². The molecule has 1 aliphatic rings. The topological polar surface area (TPSA) is 40.9 Å². The zero-order chi connectivity index (χ0) is 19.5.